The van der Waals surface area contributed by atoms with E-state index >= 15 is 0 Å². The second-order valence-corrected chi connectivity index (χ2v) is 18.2. The minimum absolute atomic E-state index is 0.0473. The molecule has 2 fully saturated rings. The van der Waals surface area contributed by atoms with Gasteiger partial charge in [0.2, 0.25) is 0 Å². The fourth-order valence-corrected chi connectivity index (χ4v) is 9.80. The number of halogens is 1. The summed E-state index contributed by atoms with van der Waals surface area (Å²) in [7, 11) is -4.47. The van der Waals surface area contributed by atoms with Crippen LogP contribution in [0.15, 0.2) is 131 Å². The summed E-state index contributed by atoms with van der Waals surface area (Å²) in [6.45, 7) is 5.11. The molecule has 15 heteroatoms. The highest BCUT2D eigenvalue weighted by Crippen LogP contribution is 2.38. The van der Waals surface area contributed by atoms with Crippen LogP contribution in [0.3, 0.4) is 0 Å². The number of hydrogen-bond acceptors (Lipinski definition) is 11. The average Bonchev–Trinajstić information content (AvgIpc) is 3.28. The van der Waals surface area contributed by atoms with Crippen LogP contribution in [0.5, 0.6) is 0 Å². The van der Waals surface area contributed by atoms with E-state index in [0.717, 1.165) is 65.8 Å². The molecular weight excluding hydrogens is 822 g/mol. The maximum Gasteiger partial charge on any atom is 0.293 e. The van der Waals surface area contributed by atoms with Gasteiger partial charge in [0.1, 0.15) is 5.69 Å². The van der Waals surface area contributed by atoms with Gasteiger partial charge in [-0.1, -0.05) is 66.2 Å². The van der Waals surface area contributed by atoms with Crippen LogP contribution in [0.2, 0.25) is 5.02 Å². The lowest BCUT2D eigenvalue weighted by Crippen LogP contribution is -2.39. The number of rotatable bonds is 16. The highest BCUT2D eigenvalue weighted by atomic mass is 35.5. The fourth-order valence-electron chi connectivity index (χ4n) is 7.68. The number of thioether (sulfide) groups is 1. The third kappa shape index (κ3) is 11.0. The number of anilines is 2. The number of benzene rings is 5. The number of piperidine rings is 1. The van der Waals surface area contributed by atoms with Gasteiger partial charge in [-0.3, -0.25) is 19.8 Å². The maximum absolute atomic E-state index is 13.5. The Balaban J connectivity index is 0.967. The van der Waals surface area contributed by atoms with Crippen molar-refractivity contribution in [2.45, 2.75) is 41.2 Å². The largest absolute Gasteiger partial charge is 0.388 e. The van der Waals surface area contributed by atoms with Crippen molar-refractivity contribution in [3.8, 4) is 11.1 Å². The molecule has 3 N–H and O–H groups in total. The molecule has 12 nitrogen and oxygen atoms in total. The van der Waals surface area contributed by atoms with Gasteiger partial charge in [-0.05, 0) is 103 Å². The summed E-state index contributed by atoms with van der Waals surface area (Å²) in [5, 5.41) is 27.8. The van der Waals surface area contributed by atoms with E-state index < -0.39 is 37.5 Å². The molecule has 2 atom stereocenters. The van der Waals surface area contributed by atoms with Gasteiger partial charge in [-0.25, -0.2) is 13.1 Å². The van der Waals surface area contributed by atoms with Gasteiger partial charge in [-0.15, -0.1) is 11.8 Å². The average molecular weight is 870 g/mol. The van der Waals surface area contributed by atoms with Crippen molar-refractivity contribution in [1.82, 2.24) is 9.62 Å². The van der Waals surface area contributed by atoms with Crippen molar-refractivity contribution in [2.24, 2.45) is 5.92 Å². The molecule has 2 aliphatic rings. The van der Waals surface area contributed by atoms with Crippen molar-refractivity contribution in [3.05, 3.63) is 148 Å². The standard InChI is InChI=1S/C45H48ClN5O7S2/c46-35-14-10-32(11-15-35)40-8-4-5-9-41(40)44(52)33-20-24-50(25-21-33)37-16-12-34(13-17-37)45(53)48-60(56,57)39-18-19-42(43(30-39)51(54)55)47-36(22-23-49-26-28-58-29-27-49)31-59-38-6-2-1-3-7-38/h1-19,30,33,36,44,47,52H,20-29,31H2,(H,48,53). The molecule has 0 aliphatic carbocycles. The predicted octanol–water partition coefficient (Wildman–Crippen LogP) is 8.28. The molecule has 7 rings (SSSR count). The number of nitro groups is 1. The first-order valence-corrected chi connectivity index (χ1v) is 22.9. The topological polar surface area (TPSA) is 154 Å². The second kappa shape index (κ2) is 20.1. The van der Waals surface area contributed by atoms with E-state index in [9.17, 15) is 28.4 Å². The van der Waals surface area contributed by atoms with E-state index in [1.807, 2.05) is 78.9 Å². The first-order valence-electron chi connectivity index (χ1n) is 20.0. The highest BCUT2D eigenvalue weighted by molar-refractivity contribution is 7.99. The quantitative estimate of drug-likeness (QED) is 0.0499. The number of hydrogen-bond donors (Lipinski definition) is 3. The number of aliphatic hydroxyl groups is 1. The summed E-state index contributed by atoms with van der Waals surface area (Å²) in [4.78, 5) is 30.1. The zero-order chi connectivity index (χ0) is 42.1. The van der Waals surface area contributed by atoms with E-state index in [1.165, 1.54) is 12.1 Å². The summed E-state index contributed by atoms with van der Waals surface area (Å²) < 4.78 is 34.5. The first kappa shape index (κ1) is 43.1. The van der Waals surface area contributed by atoms with Gasteiger partial charge in [0.05, 0.1) is 29.1 Å². The number of morpholine rings is 1. The minimum Gasteiger partial charge on any atom is -0.388 e. The van der Waals surface area contributed by atoms with Gasteiger partial charge in [-0.2, -0.15) is 0 Å². The summed E-state index contributed by atoms with van der Waals surface area (Å²) in [5.41, 5.74) is 3.62. The van der Waals surface area contributed by atoms with Crippen molar-refractivity contribution in [2.75, 3.05) is 61.9 Å². The Labute approximate surface area is 360 Å². The lowest BCUT2D eigenvalue weighted by molar-refractivity contribution is -0.384. The number of nitrogens with one attached hydrogen (secondary N) is 2. The van der Waals surface area contributed by atoms with Gasteiger partial charge in [0.15, 0.2) is 0 Å². The van der Waals surface area contributed by atoms with Crippen LogP contribution in [0.25, 0.3) is 11.1 Å². The summed E-state index contributed by atoms with van der Waals surface area (Å²) in [6.07, 6.45) is 1.55. The van der Waals surface area contributed by atoms with Crippen LogP contribution < -0.4 is 14.9 Å². The SMILES string of the molecule is O=C(NS(=O)(=O)c1ccc(NC(CCN2CCOCC2)CSc2ccccc2)c([N+](=O)[O-])c1)c1ccc(N2CCC(C(O)c3ccccc3-c3ccc(Cl)cc3)CC2)cc1. The number of carbonyl (C=O) groups excluding carboxylic acids is 1. The molecule has 60 heavy (non-hydrogen) atoms. The molecule has 2 unspecified atom stereocenters. The number of sulfonamides is 1. The van der Waals surface area contributed by atoms with Crippen LogP contribution in [0, 0.1) is 16.0 Å². The maximum atomic E-state index is 13.5. The summed E-state index contributed by atoms with van der Waals surface area (Å²) >= 11 is 7.75. The zero-order valence-electron chi connectivity index (χ0n) is 33.0. The van der Waals surface area contributed by atoms with Gasteiger partial charge < -0.3 is 20.1 Å². The molecule has 5 aromatic rings. The Bertz CT molecular complexity index is 2340. The monoisotopic (exact) mass is 869 g/mol. The highest BCUT2D eigenvalue weighted by Gasteiger charge is 2.29. The lowest BCUT2D eigenvalue weighted by Gasteiger charge is -2.36. The molecule has 0 spiro atoms. The second-order valence-electron chi connectivity index (χ2n) is 15.0. The molecule has 2 saturated heterocycles. The van der Waals surface area contributed by atoms with Crippen LogP contribution in [0.4, 0.5) is 17.1 Å². The lowest BCUT2D eigenvalue weighted by atomic mass is 9.84. The smallest absolute Gasteiger partial charge is 0.293 e. The molecule has 2 aliphatic heterocycles. The Kier molecular flexibility index (Phi) is 14.4. The van der Waals surface area contributed by atoms with Crippen molar-refractivity contribution < 1.29 is 28.0 Å². The Morgan fingerprint density at radius 3 is 2.28 bits per heavy atom. The molecular formula is C45H48ClN5O7S2. The van der Waals surface area contributed by atoms with E-state index in [4.69, 9.17) is 16.3 Å². The zero-order valence-corrected chi connectivity index (χ0v) is 35.4. The van der Waals surface area contributed by atoms with Gasteiger partial charge >= 0.3 is 0 Å². The number of nitrogens with zero attached hydrogens (tertiary/aromatic N) is 3. The van der Waals surface area contributed by atoms with E-state index in [1.54, 1.807) is 36.0 Å². The molecule has 0 bridgehead atoms. The number of ether oxygens (including phenoxy) is 1. The van der Waals surface area contributed by atoms with E-state index in [2.05, 4.69) is 19.8 Å². The normalized spacial score (nSPS) is 16.2. The first-order chi connectivity index (χ1) is 29.0. The fraction of sp³-hybridized carbons (Fsp3) is 0.311. The third-order valence-electron chi connectivity index (χ3n) is 11.1. The van der Waals surface area contributed by atoms with E-state index in [0.29, 0.717) is 43.5 Å². The molecule has 0 radical (unpaired) electrons. The molecule has 314 valence electrons. The van der Waals surface area contributed by atoms with E-state index in [-0.39, 0.29) is 23.2 Å². The van der Waals surface area contributed by atoms with Gasteiger partial charge in [0.25, 0.3) is 21.6 Å². The number of carbonyl (C=O) groups is 1. The van der Waals surface area contributed by atoms with Crippen LogP contribution >= 0.6 is 23.4 Å². The molecule has 1 amide bonds. The minimum atomic E-state index is -4.47. The van der Waals surface area contributed by atoms with Crippen molar-refractivity contribution in [1.29, 1.82) is 0 Å². The Morgan fingerprint density at radius 2 is 1.58 bits per heavy atom. The Morgan fingerprint density at radius 1 is 0.900 bits per heavy atom. The molecule has 0 aromatic heterocycles. The molecule has 2 heterocycles. The van der Waals surface area contributed by atoms with Crippen LogP contribution in [-0.4, -0.2) is 87.0 Å². The third-order valence-corrected chi connectivity index (χ3v) is 13.8. The predicted molar refractivity (Wildman–Crippen MR) is 237 cm³/mol. The van der Waals surface area contributed by atoms with Gasteiger partial charge in [0, 0.05) is 71.8 Å². The Hall–Kier alpha value is -4.96. The van der Waals surface area contributed by atoms with Crippen molar-refractivity contribution >= 4 is 56.4 Å². The van der Waals surface area contributed by atoms with Crippen molar-refractivity contribution in [3.63, 3.8) is 0 Å². The number of amides is 1. The summed E-state index contributed by atoms with van der Waals surface area (Å²) in [5.74, 6) is -0.178. The molecule has 5 aromatic carbocycles. The summed E-state index contributed by atoms with van der Waals surface area (Å²) in [6, 6.07) is 35.5. The van der Waals surface area contributed by atoms with Crippen LogP contribution in [0.1, 0.15) is 41.3 Å². The number of nitro benzene ring substituents is 1. The molecule has 0 saturated carbocycles. The van der Waals surface area contributed by atoms with Crippen LogP contribution in [-0.2, 0) is 14.8 Å². The number of aliphatic hydroxyl groups excluding tert-OH is 1.